The number of halogens is 2. The van der Waals surface area contributed by atoms with E-state index in [0.717, 1.165) is 16.6 Å². The molecular weight excluding hydrogens is 305 g/mol. The second-order valence-electron chi connectivity index (χ2n) is 5.03. The average molecular weight is 330 g/mol. The van der Waals surface area contributed by atoms with E-state index < -0.39 is 0 Å². The van der Waals surface area contributed by atoms with Crippen molar-refractivity contribution in [3.05, 3.63) is 34.1 Å². The zero-order valence-electron chi connectivity index (χ0n) is 11.9. The molecule has 1 N–H and O–H groups in total. The summed E-state index contributed by atoms with van der Waals surface area (Å²) in [4.78, 5) is 0. The van der Waals surface area contributed by atoms with Crippen LogP contribution >= 0.6 is 15.9 Å². The highest BCUT2D eigenvalue weighted by atomic mass is 79.9. The Morgan fingerprint density at radius 3 is 2.47 bits per heavy atom. The highest BCUT2D eigenvalue weighted by molar-refractivity contribution is 9.10. The first kappa shape index (κ1) is 16.6. The second kappa shape index (κ2) is 10.4. The Bertz CT molecular complexity index is 355. The zero-order chi connectivity index (χ0) is 13.9. The fraction of sp³-hybridized carbons (Fsp3) is 0.625. The highest BCUT2D eigenvalue weighted by Crippen LogP contribution is 2.15. The third-order valence-corrected chi connectivity index (χ3v) is 3.77. The summed E-state index contributed by atoms with van der Waals surface area (Å²) < 4.78 is 14.4. The smallest absolute Gasteiger partial charge is 0.127 e. The van der Waals surface area contributed by atoms with Gasteiger partial charge in [0, 0.05) is 16.6 Å². The molecule has 0 saturated carbocycles. The largest absolute Gasteiger partial charge is 0.313 e. The Balaban J connectivity index is 2.03. The minimum atomic E-state index is -0.129. The van der Waals surface area contributed by atoms with E-state index in [1.165, 1.54) is 51.0 Å². The van der Waals surface area contributed by atoms with Gasteiger partial charge in [-0.05, 0) is 31.2 Å². The van der Waals surface area contributed by atoms with Crippen molar-refractivity contribution < 1.29 is 4.39 Å². The molecule has 0 aromatic heterocycles. The Morgan fingerprint density at radius 1 is 1.05 bits per heavy atom. The molecule has 0 spiro atoms. The lowest BCUT2D eigenvalue weighted by Crippen LogP contribution is -2.15. The molecule has 1 aromatic carbocycles. The topological polar surface area (TPSA) is 12.0 Å². The lowest BCUT2D eigenvalue weighted by molar-refractivity contribution is 0.550. The van der Waals surface area contributed by atoms with Crippen molar-refractivity contribution in [2.45, 2.75) is 58.4 Å². The Labute approximate surface area is 125 Å². The first-order chi connectivity index (χ1) is 9.24. The molecule has 0 unspecified atom stereocenters. The molecule has 0 aliphatic heterocycles. The van der Waals surface area contributed by atoms with Gasteiger partial charge in [-0.3, -0.25) is 0 Å². The number of nitrogens with one attached hydrogen (secondary N) is 1. The lowest BCUT2D eigenvalue weighted by Gasteiger charge is -2.06. The van der Waals surface area contributed by atoms with Crippen LogP contribution in [0.4, 0.5) is 4.39 Å². The first-order valence-corrected chi connectivity index (χ1v) is 8.18. The van der Waals surface area contributed by atoms with Crippen molar-refractivity contribution in [3.8, 4) is 0 Å². The first-order valence-electron chi connectivity index (χ1n) is 7.38. The van der Waals surface area contributed by atoms with Crippen LogP contribution in [0.1, 0.15) is 57.4 Å². The quantitative estimate of drug-likeness (QED) is 0.564. The van der Waals surface area contributed by atoms with E-state index in [2.05, 4.69) is 28.2 Å². The molecule has 0 fully saturated rings. The molecule has 1 nitrogen and oxygen atoms in total. The van der Waals surface area contributed by atoms with Gasteiger partial charge in [0.15, 0.2) is 0 Å². The van der Waals surface area contributed by atoms with Crippen molar-refractivity contribution in [1.82, 2.24) is 5.32 Å². The monoisotopic (exact) mass is 329 g/mol. The van der Waals surface area contributed by atoms with Crippen LogP contribution in [0.25, 0.3) is 0 Å². The zero-order valence-corrected chi connectivity index (χ0v) is 13.4. The van der Waals surface area contributed by atoms with Crippen LogP contribution in [0.2, 0.25) is 0 Å². The van der Waals surface area contributed by atoms with E-state index in [-0.39, 0.29) is 5.82 Å². The molecule has 0 amide bonds. The highest BCUT2D eigenvalue weighted by Gasteiger charge is 2.01. The summed E-state index contributed by atoms with van der Waals surface area (Å²) >= 11 is 3.37. The van der Waals surface area contributed by atoms with Crippen LogP contribution in [0.5, 0.6) is 0 Å². The van der Waals surface area contributed by atoms with Gasteiger partial charge < -0.3 is 5.32 Å². The van der Waals surface area contributed by atoms with Crippen LogP contribution in [0.15, 0.2) is 22.7 Å². The van der Waals surface area contributed by atoms with E-state index in [0.29, 0.717) is 6.54 Å². The molecule has 0 radical (unpaired) electrons. The normalized spacial score (nSPS) is 10.9. The van der Waals surface area contributed by atoms with Crippen molar-refractivity contribution in [2.24, 2.45) is 0 Å². The van der Waals surface area contributed by atoms with Crippen LogP contribution in [0, 0.1) is 5.82 Å². The van der Waals surface area contributed by atoms with Crippen molar-refractivity contribution in [2.75, 3.05) is 6.54 Å². The van der Waals surface area contributed by atoms with Gasteiger partial charge in [0.25, 0.3) is 0 Å². The van der Waals surface area contributed by atoms with Crippen LogP contribution in [-0.4, -0.2) is 6.54 Å². The summed E-state index contributed by atoms with van der Waals surface area (Å²) in [6.07, 6.45) is 9.17. The number of benzene rings is 1. The number of unbranched alkanes of at least 4 members (excludes halogenated alkanes) is 6. The standard InChI is InChI=1S/C16H25BrFN/c1-2-3-4-5-6-7-8-11-19-13-14-12-15(17)9-10-16(14)18/h9-10,12,19H,2-8,11,13H2,1H3. The molecule has 1 rings (SSSR count). The molecule has 0 aliphatic rings. The van der Waals surface area contributed by atoms with Crippen molar-refractivity contribution in [1.29, 1.82) is 0 Å². The van der Waals surface area contributed by atoms with Gasteiger partial charge in [-0.2, -0.15) is 0 Å². The fourth-order valence-corrected chi connectivity index (χ4v) is 2.52. The van der Waals surface area contributed by atoms with E-state index in [1.807, 2.05) is 6.07 Å². The fourth-order valence-electron chi connectivity index (χ4n) is 2.11. The third-order valence-electron chi connectivity index (χ3n) is 3.28. The minimum absolute atomic E-state index is 0.129. The van der Waals surface area contributed by atoms with Gasteiger partial charge in [-0.15, -0.1) is 0 Å². The van der Waals surface area contributed by atoms with Crippen molar-refractivity contribution >= 4 is 15.9 Å². The van der Waals surface area contributed by atoms with Crippen LogP contribution in [-0.2, 0) is 6.54 Å². The third kappa shape index (κ3) is 7.68. The summed E-state index contributed by atoms with van der Waals surface area (Å²) in [6.45, 7) is 3.83. The maximum Gasteiger partial charge on any atom is 0.127 e. The predicted molar refractivity (Wildman–Crippen MR) is 83.8 cm³/mol. The van der Waals surface area contributed by atoms with Gasteiger partial charge in [0.2, 0.25) is 0 Å². The Kier molecular flexibility index (Phi) is 9.10. The van der Waals surface area contributed by atoms with E-state index >= 15 is 0 Å². The van der Waals surface area contributed by atoms with Gasteiger partial charge in [0.1, 0.15) is 5.82 Å². The lowest BCUT2D eigenvalue weighted by atomic mass is 10.1. The summed E-state index contributed by atoms with van der Waals surface area (Å²) in [5, 5.41) is 3.31. The molecule has 0 heterocycles. The SMILES string of the molecule is CCCCCCCCCNCc1cc(Br)ccc1F. The van der Waals surface area contributed by atoms with Gasteiger partial charge in [-0.25, -0.2) is 4.39 Å². The van der Waals surface area contributed by atoms with E-state index in [4.69, 9.17) is 0 Å². The van der Waals surface area contributed by atoms with Gasteiger partial charge in [0.05, 0.1) is 0 Å². The maximum atomic E-state index is 13.5. The Hall–Kier alpha value is -0.410. The van der Waals surface area contributed by atoms with E-state index in [9.17, 15) is 4.39 Å². The molecule has 3 heteroatoms. The summed E-state index contributed by atoms with van der Waals surface area (Å²) in [7, 11) is 0. The second-order valence-corrected chi connectivity index (χ2v) is 5.95. The molecule has 0 bridgehead atoms. The molecule has 108 valence electrons. The Morgan fingerprint density at radius 2 is 1.74 bits per heavy atom. The summed E-state index contributed by atoms with van der Waals surface area (Å²) in [5.41, 5.74) is 0.734. The molecule has 0 aliphatic carbocycles. The predicted octanol–water partition coefficient (Wildman–Crippen LogP) is 5.43. The summed E-state index contributed by atoms with van der Waals surface area (Å²) in [6, 6.07) is 5.08. The molecule has 1 aromatic rings. The maximum absolute atomic E-state index is 13.5. The van der Waals surface area contributed by atoms with Crippen molar-refractivity contribution in [3.63, 3.8) is 0 Å². The van der Waals surface area contributed by atoms with Crippen LogP contribution < -0.4 is 5.32 Å². The average Bonchev–Trinajstić information content (AvgIpc) is 2.40. The number of rotatable bonds is 10. The number of hydrogen-bond acceptors (Lipinski definition) is 1. The number of hydrogen-bond donors (Lipinski definition) is 1. The minimum Gasteiger partial charge on any atom is -0.313 e. The van der Waals surface area contributed by atoms with Gasteiger partial charge >= 0.3 is 0 Å². The van der Waals surface area contributed by atoms with Gasteiger partial charge in [-0.1, -0.05) is 61.4 Å². The summed E-state index contributed by atoms with van der Waals surface area (Å²) in [5.74, 6) is -0.129. The van der Waals surface area contributed by atoms with E-state index in [1.54, 1.807) is 6.07 Å². The molecule has 0 atom stereocenters. The molecule has 19 heavy (non-hydrogen) atoms. The molecular formula is C16H25BrFN. The molecule has 0 saturated heterocycles. The van der Waals surface area contributed by atoms with Crippen LogP contribution in [0.3, 0.4) is 0 Å².